The Morgan fingerprint density at radius 3 is 3.00 bits per heavy atom. The third-order valence-corrected chi connectivity index (χ3v) is 2.34. The van der Waals surface area contributed by atoms with E-state index in [1.807, 2.05) is 6.26 Å². The quantitative estimate of drug-likeness (QED) is 0.685. The van der Waals surface area contributed by atoms with Crippen LogP contribution in [-0.4, -0.2) is 40.5 Å². The lowest BCUT2D eigenvalue weighted by Crippen LogP contribution is -2.17. The van der Waals surface area contributed by atoms with Gasteiger partial charge in [-0.2, -0.15) is 22.1 Å². The molecule has 0 saturated carbocycles. The molecule has 7 heteroatoms. The summed E-state index contributed by atoms with van der Waals surface area (Å²) in [5.74, 6) is 0.154. The lowest BCUT2D eigenvalue weighted by atomic mass is 10.2. The molecule has 0 aliphatic carbocycles. The first kappa shape index (κ1) is 11.0. The first-order chi connectivity index (χ1) is 6.70. The fourth-order valence-corrected chi connectivity index (χ4v) is 1.52. The van der Waals surface area contributed by atoms with Gasteiger partial charge in [-0.3, -0.25) is 0 Å². The second kappa shape index (κ2) is 4.97. The van der Waals surface area contributed by atoms with E-state index < -0.39 is 5.97 Å². The van der Waals surface area contributed by atoms with Crippen LogP contribution in [0.4, 0.5) is 0 Å². The molecule has 0 saturated heterocycles. The lowest BCUT2D eigenvalue weighted by Gasteiger charge is -2.06. The van der Waals surface area contributed by atoms with Gasteiger partial charge in [-0.05, 0) is 6.26 Å². The maximum absolute atomic E-state index is 11.2. The number of aromatic nitrogens is 3. The molecule has 1 rings (SSSR count). The SMILES string of the molecule is COC(=O)c1n[nH]nc1C(N)CSC. The number of carbonyl (C=O) groups excluding carboxylic acids is 1. The number of methoxy groups -OCH3 is 1. The molecule has 0 aliphatic rings. The molecule has 1 atom stereocenters. The molecule has 1 aromatic rings. The molecule has 0 spiro atoms. The number of carbonyl (C=O) groups is 1. The lowest BCUT2D eigenvalue weighted by molar-refractivity contribution is 0.0592. The number of hydrogen-bond acceptors (Lipinski definition) is 6. The highest BCUT2D eigenvalue weighted by Crippen LogP contribution is 2.15. The van der Waals surface area contributed by atoms with E-state index >= 15 is 0 Å². The minimum atomic E-state index is -0.523. The number of hydrogen-bond donors (Lipinski definition) is 2. The molecule has 0 bridgehead atoms. The van der Waals surface area contributed by atoms with E-state index in [9.17, 15) is 4.79 Å². The number of nitrogens with zero attached hydrogens (tertiary/aromatic N) is 2. The average molecular weight is 216 g/mol. The first-order valence-corrected chi connectivity index (χ1v) is 5.33. The zero-order valence-corrected chi connectivity index (χ0v) is 8.80. The number of H-pyrrole nitrogens is 1. The van der Waals surface area contributed by atoms with Gasteiger partial charge in [0.15, 0.2) is 5.69 Å². The second-order valence-electron chi connectivity index (χ2n) is 2.61. The normalized spacial score (nSPS) is 12.5. The zero-order valence-electron chi connectivity index (χ0n) is 7.98. The van der Waals surface area contributed by atoms with Crippen molar-refractivity contribution in [3.63, 3.8) is 0 Å². The van der Waals surface area contributed by atoms with E-state index in [4.69, 9.17) is 5.73 Å². The van der Waals surface area contributed by atoms with Gasteiger partial charge in [-0.15, -0.1) is 5.10 Å². The Morgan fingerprint density at radius 1 is 1.71 bits per heavy atom. The molecule has 0 fully saturated rings. The molecule has 3 N–H and O–H groups in total. The molecular weight excluding hydrogens is 204 g/mol. The maximum atomic E-state index is 11.2. The summed E-state index contributed by atoms with van der Waals surface area (Å²) in [4.78, 5) is 11.2. The van der Waals surface area contributed by atoms with Crippen molar-refractivity contribution in [2.75, 3.05) is 19.1 Å². The smallest absolute Gasteiger partial charge is 0.360 e. The Kier molecular flexibility index (Phi) is 3.90. The standard InChI is InChI=1S/C7H12N4O2S/c1-13-7(12)6-5(9-11-10-6)4(8)3-14-2/h4H,3,8H2,1-2H3,(H,9,10,11). The number of nitrogens with two attached hydrogens (primary N) is 1. The van der Waals surface area contributed by atoms with Gasteiger partial charge in [0.1, 0.15) is 5.69 Å². The molecule has 0 amide bonds. The number of nitrogens with one attached hydrogen (secondary N) is 1. The van der Waals surface area contributed by atoms with Crippen molar-refractivity contribution < 1.29 is 9.53 Å². The van der Waals surface area contributed by atoms with Gasteiger partial charge in [0.25, 0.3) is 0 Å². The van der Waals surface area contributed by atoms with E-state index in [1.165, 1.54) is 7.11 Å². The van der Waals surface area contributed by atoms with Crippen molar-refractivity contribution in [2.24, 2.45) is 5.73 Å². The molecule has 14 heavy (non-hydrogen) atoms. The molecule has 0 aliphatic heterocycles. The predicted octanol–water partition coefficient (Wildman–Crippen LogP) is -0.0459. The van der Waals surface area contributed by atoms with Gasteiger partial charge < -0.3 is 10.5 Å². The highest BCUT2D eigenvalue weighted by atomic mass is 32.2. The Bertz CT molecular complexity index is 314. The van der Waals surface area contributed by atoms with Crippen LogP contribution in [0.1, 0.15) is 22.2 Å². The van der Waals surface area contributed by atoms with Crippen LogP contribution in [-0.2, 0) is 4.74 Å². The topological polar surface area (TPSA) is 93.9 Å². The molecule has 0 aromatic carbocycles. The van der Waals surface area contributed by atoms with Gasteiger partial charge >= 0.3 is 5.97 Å². The van der Waals surface area contributed by atoms with Crippen LogP contribution in [0.2, 0.25) is 0 Å². The summed E-state index contributed by atoms with van der Waals surface area (Å²) in [7, 11) is 1.29. The highest BCUT2D eigenvalue weighted by molar-refractivity contribution is 7.98. The minimum Gasteiger partial charge on any atom is -0.464 e. The minimum absolute atomic E-state index is 0.161. The van der Waals surface area contributed by atoms with E-state index in [1.54, 1.807) is 11.8 Å². The number of thioether (sulfide) groups is 1. The van der Waals surface area contributed by atoms with E-state index in [0.29, 0.717) is 11.4 Å². The van der Waals surface area contributed by atoms with Gasteiger partial charge in [0.2, 0.25) is 0 Å². The summed E-state index contributed by atoms with van der Waals surface area (Å²) in [5, 5.41) is 9.88. The molecule has 1 unspecified atom stereocenters. The van der Waals surface area contributed by atoms with Gasteiger partial charge in [-0.1, -0.05) is 0 Å². The zero-order chi connectivity index (χ0) is 10.6. The van der Waals surface area contributed by atoms with E-state index in [2.05, 4.69) is 20.1 Å². The molecule has 78 valence electrons. The second-order valence-corrected chi connectivity index (χ2v) is 3.52. The van der Waals surface area contributed by atoms with Crippen molar-refractivity contribution in [1.82, 2.24) is 15.4 Å². The Labute approximate surface area is 85.6 Å². The van der Waals surface area contributed by atoms with Crippen molar-refractivity contribution in [3.8, 4) is 0 Å². The summed E-state index contributed by atoms with van der Waals surface area (Å²) in [6, 6.07) is -0.308. The fraction of sp³-hybridized carbons (Fsp3) is 0.571. The van der Waals surface area contributed by atoms with Crippen molar-refractivity contribution in [2.45, 2.75) is 6.04 Å². The fourth-order valence-electron chi connectivity index (χ4n) is 1.00. The van der Waals surface area contributed by atoms with Crippen LogP contribution < -0.4 is 5.73 Å². The molecule has 1 aromatic heterocycles. The maximum Gasteiger partial charge on any atom is 0.360 e. The monoisotopic (exact) mass is 216 g/mol. The first-order valence-electron chi connectivity index (χ1n) is 3.94. The molecular formula is C7H12N4O2S. The van der Waals surface area contributed by atoms with E-state index in [0.717, 1.165) is 0 Å². The van der Waals surface area contributed by atoms with Crippen LogP contribution in [0.5, 0.6) is 0 Å². The Hall–Kier alpha value is -1.08. The van der Waals surface area contributed by atoms with Gasteiger partial charge in [0.05, 0.1) is 13.2 Å². The van der Waals surface area contributed by atoms with Crippen molar-refractivity contribution in [1.29, 1.82) is 0 Å². The van der Waals surface area contributed by atoms with Gasteiger partial charge in [0, 0.05) is 5.75 Å². The summed E-state index contributed by atoms with van der Waals surface area (Å²) in [5.41, 5.74) is 6.40. The van der Waals surface area contributed by atoms with Crippen LogP contribution >= 0.6 is 11.8 Å². The van der Waals surface area contributed by atoms with Crippen LogP contribution in [0, 0.1) is 0 Å². The third-order valence-electron chi connectivity index (χ3n) is 1.65. The average Bonchev–Trinajstić information content (AvgIpc) is 2.65. The number of esters is 1. The predicted molar refractivity (Wildman–Crippen MR) is 53.0 cm³/mol. The van der Waals surface area contributed by atoms with Crippen LogP contribution in [0.25, 0.3) is 0 Å². The summed E-state index contributed by atoms with van der Waals surface area (Å²) < 4.78 is 4.54. The Morgan fingerprint density at radius 2 is 2.43 bits per heavy atom. The van der Waals surface area contributed by atoms with Crippen LogP contribution in [0.3, 0.4) is 0 Å². The highest BCUT2D eigenvalue weighted by Gasteiger charge is 2.21. The molecule has 1 heterocycles. The van der Waals surface area contributed by atoms with Crippen LogP contribution in [0.15, 0.2) is 0 Å². The Balaban J connectivity index is 2.86. The number of rotatable bonds is 4. The summed E-state index contributed by atoms with van der Waals surface area (Å²) >= 11 is 1.58. The third kappa shape index (κ3) is 2.24. The van der Waals surface area contributed by atoms with E-state index in [-0.39, 0.29) is 11.7 Å². The number of ether oxygens (including phenoxy) is 1. The van der Waals surface area contributed by atoms with Gasteiger partial charge in [-0.25, -0.2) is 4.79 Å². The summed E-state index contributed by atoms with van der Waals surface area (Å²) in [6.45, 7) is 0. The molecule has 6 nitrogen and oxygen atoms in total. The summed E-state index contributed by atoms with van der Waals surface area (Å²) in [6.07, 6.45) is 1.93. The van der Waals surface area contributed by atoms with Crippen molar-refractivity contribution in [3.05, 3.63) is 11.4 Å². The number of aromatic amines is 1. The van der Waals surface area contributed by atoms with Crippen molar-refractivity contribution >= 4 is 17.7 Å². The molecule has 0 radical (unpaired) electrons. The largest absolute Gasteiger partial charge is 0.464 e.